The number of carbonyl (C=O) groups is 1. The quantitative estimate of drug-likeness (QED) is 0.635. The molecule has 2 aromatic heterocycles. The van der Waals surface area contributed by atoms with E-state index in [4.69, 9.17) is 5.10 Å². The number of rotatable bonds is 5. The molecule has 4 heterocycles. The highest BCUT2D eigenvalue weighted by molar-refractivity contribution is 7.12. The van der Waals surface area contributed by atoms with Crippen molar-refractivity contribution in [2.24, 2.45) is 5.10 Å². The minimum Gasteiger partial charge on any atom is -0.506 e. The summed E-state index contributed by atoms with van der Waals surface area (Å²) in [5.74, 6) is 0.347. The molecule has 0 aliphatic carbocycles. The van der Waals surface area contributed by atoms with E-state index >= 15 is 0 Å². The number of aromatic hydroxyl groups is 1. The van der Waals surface area contributed by atoms with E-state index in [0.717, 1.165) is 48.9 Å². The predicted octanol–water partition coefficient (Wildman–Crippen LogP) is 4.02. The molecule has 160 valence electrons. The van der Waals surface area contributed by atoms with Gasteiger partial charge in [-0.05, 0) is 35.0 Å². The van der Waals surface area contributed by atoms with Gasteiger partial charge in [-0.15, -0.1) is 22.7 Å². The Hall–Kier alpha value is -2.68. The monoisotopic (exact) mass is 452 g/mol. The number of hydrogen-bond donors (Lipinski definition) is 1. The van der Waals surface area contributed by atoms with Gasteiger partial charge in [0.2, 0.25) is 0 Å². The van der Waals surface area contributed by atoms with Crippen LogP contribution in [0, 0.1) is 0 Å². The first-order chi connectivity index (χ1) is 15.2. The molecule has 1 aromatic carbocycles. The average Bonchev–Trinajstić information content (AvgIpc) is 3.55. The topological polar surface area (TPSA) is 59.4 Å². The maximum absolute atomic E-state index is 13.3. The molecule has 2 aliphatic heterocycles. The number of hydrogen-bond acceptors (Lipinski definition) is 7. The third-order valence-electron chi connectivity index (χ3n) is 5.80. The smallest absolute Gasteiger partial charge is 0.257 e. The van der Waals surface area contributed by atoms with Gasteiger partial charge in [-0.25, -0.2) is 5.01 Å². The van der Waals surface area contributed by atoms with Gasteiger partial charge >= 0.3 is 0 Å². The highest BCUT2D eigenvalue weighted by Gasteiger charge is 2.35. The van der Waals surface area contributed by atoms with Crippen LogP contribution < -0.4 is 4.90 Å². The van der Waals surface area contributed by atoms with Gasteiger partial charge in [0.1, 0.15) is 5.75 Å². The summed E-state index contributed by atoms with van der Waals surface area (Å²) in [7, 11) is 0. The molecule has 0 spiro atoms. The summed E-state index contributed by atoms with van der Waals surface area (Å²) >= 11 is 3.34. The zero-order chi connectivity index (χ0) is 21.2. The number of hydrazone groups is 1. The van der Waals surface area contributed by atoms with E-state index in [2.05, 4.69) is 27.3 Å². The third kappa shape index (κ3) is 4.23. The van der Waals surface area contributed by atoms with Crippen molar-refractivity contribution >= 4 is 40.0 Å². The first-order valence-electron chi connectivity index (χ1n) is 10.4. The maximum atomic E-state index is 13.3. The molecule has 1 atom stereocenters. The van der Waals surface area contributed by atoms with Crippen LogP contribution in [0.25, 0.3) is 0 Å². The van der Waals surface area contributed by atoms with Gasteiger partial charge in [0.25, 0.3) is 5.91 Å². The predicted molar refractivity (Wildman–Crippen MR) is 126 cm³/mol. The van der Waals surface area contributed by atoms with Crippen LogP contribution in [0.2, 0.25) is 0 Å². The first-order valence-corrected chi connectivity index (χ1v) is 12.2. The summed E-state index contributed by atoms with van der Waals surface area (Å²) in [6.45, 7) is 3.47. The number of anilines is 1. The van der Waals surface area contributed by atoms with Crippen molar-refractivity contribution in [1.29, 1.82) is 0 Å². The lowest BCUT2D eigenvalue weighted by Gasteiger charge is -2.36. The molecular formula is C23H24N4O2S2. The van der Waals surface area contributed by atoms with Gasteiger partial charge in [0, 0.05) is 37.5 Å². The van der Waals surface area contributed by atoms with E-state index in [9.17, 15) is 9.90 Å². The van der Waals surface area contributed by atoms with Crippen LogP contribution in [0.3, 0.4) is 0 Å². The molecule has 8 heteroatoms. The molecule has 1 fully saturated rings. The summed E-state index contributed by atoms with van der Waals surface area (Å²) in [6, 6.07) is 15.6. The number of amides is 1. The van der Waals surface area contributed by atoms with Crippen molar-refractivity contribution in [3.8, 4) is 5.75 Å². The first kappa shape index (κ1) is 20.2. The summed E-state index contributed by atoms with van der Waals surface area (Å²) in [4.78, 5) is 19.9. The Morgan fingerprint density at radius 1 is 1.00 bits per heavy atom. The molecule has 1 amide bonds. The van der Waals surface area contributed by atoms with Crippen molar-refractivity contribution in [3.63, 3.8) is 0 Å². The summed E-state index contributed by atoms with van der Waals surface area (Å²) in [5, 5.41) is 20.7. The SMILES string of the molecule is O=C(CN1CCN(c2ccccc2O)CC1)N1N=C(c2cccs2)C[C@@H]1c1cccs1. The van der Waals surface area contributed by atoms with E-state index in [1.165, 1.54) is 4.88 Å². The Morgan fingerprint density at radius 2 is 1.77 bits per heavy atom. The fourth-order valence-electron chi connectivity index (χ4n) is 4.18. The van der Waals surface area contributed by atoms with Crippen LogP contribution in [0.1, 0.15) is 22.2 Å². The van der Waals surface area contributed by atoms with Crippen LogP contribution in [0.15, 0.2) is 64.4 Å². The van der Waals surface area contributed by atoms with E-state index in [-0.39, 0.29) is 11.9 Å². The summed E-state index contributed by atoms with van der Waals surface area (Å²) < 4.78 is 0. The number of nitrogens with zero attached hydrogens (tertiary/aromatic N) is 4. The number of piperazine rings is 1. The second-order valence-corrected chi connectivity index (χ2v) is 9.68. The fraction of sp³-hybridized carbons (Fsp3) is 0.304. The molecule has 0 bridgehead atoms. The van der Waals surface area contributed by atoms with Crippen molar-refractivity contribution in [2.75, 3.05) is 37.6 Å². The van der Waals surface area contributed by atoms with Crippen LogP contribution in [0.4, 0.5) is 5.69 Å². The molecule has 6 nitrogen and oxygen atoms in total. The second kappa shape index (κ2) is 8.82. The van der Waals surface area contributed by atoms with Crippen LogP contribution in [-0.4, -0.2) is 59.4 Å². The molecule has 1 N–H and O–H groups in total. The van der Waals surface area contributed by atoms with Gasteiger partial charge in [0.15, 0.2) is 0 Å². The van der Waals surface area contributed by atoms with Gasteiger partial charge in [-0.3, -0.25) is 9.69 Å². The van der Waals surface area contributed by atoms with E-state index in [0.29, 0.717) is 12.3 Å². The van der Waals surface area contributed by atoms with Crippen molar-refractivity contribution in [3.05, 3.63) is 69.0 Å². The van der Waals surface area contributed by atoms with E-state index < -0.39 is 0 Å². The molecule has 0 saturated carbocycles. The molecule has 2 aliphatic rings. The van der Waals surface area contributed by atoms with Gasteiger partial charge < -0.3 is 10.0 Å². The summed E-state index contributed by atoms with van der Waals surface area (Å²) in [6.07, 6.45) is 0.758. The second-order valence-electron chi connectivity index (χ2n) is 7.75. The lowest BCUT2D eigenvalue weighted by atomic mass is 10.1. The molecule has 0 unspecified atom stereocenters. The zero-order valence-electron chi connectivity index (χ0n) is 17.1. The van der Waals surface area contributed by atoms with Crippen molar-refractivity contribution in [1.82, 2.24) is 9.91 Å². The molecule has 31 heavy (non-hydrogen) atoms. The van der Waals surface area contributed by atoms with E-state index in [1.807, 2.05) is 35.7 Å². The highest BCUT2D eigenvalue weighted by atomic mass is 32.1. The average molecular weight is 453 g/mol. The van der Waals surface area contributed by atoms with Gasteiger partial charge in [-0.2, -0.15) is 5.10 Å². The molecule has 0 radical (unpaired) electrons. The molecular weight excluding hydrogens is 428 g/mol. The number of phenols is 1. The number of thiophene rings is 2. The van der Waals surface area contributed by atoms with Crippen molar-refractivity contribution in [2.45, 2.75) is 12.5 Å². The normalized spacial score (nSPS) is 19.6. The Morgan fingerprint density at radius 3 is 2.48 bits per heavy atom. The Labute approximate surface area is 189 Å². The standard InChI is InChI=1S/C23H24N4O2S2/c28-20-6-2-1-5-18(20)26-11-9-25(10-12-26)16-23(29)27-19(22-8-4-14-31-22)15-17(24-27)21-7-3-13-30-21/h1-8,13-14,19,28H,9-12,15-16H2/t19-/m1/s1. The third-order valence-corrected chi connectivity index (χ3v) is 7.69. The summed E-state index contributed by atoms with van der Waals surface area (Å²) in [5.41, 5.74) is 1.85. The largest absolute Gasteiger partial charge is 0.506 e. The van der Waals surface area contributed by atoms with Crippen LogP contribution in [0.5, 0.6) is 5.75 Å². The van der Waals surface area contributed by atoms with Crippen LogP contribution >= 0.6 is 22.7 Å². The molecule has 5 rings (SSSR count). The minimum absolute atomic E-state index is 0.0212. The van der Waals surface area contributed by atoms with Crippen molar-refractivity contribution < 1.29 is 9.90 Å². The minimum atomic E-state index is -0.0212. The molecule has 1 saturated heterocycles. The Kier molecular flexibility index (Phi) is 5.76. The Bertz CT molecular complexity index is 1060. The highest BCUT2D eigenvalue weighted by Crippen LogP contribution is 2.36. The number of phenolic OH excluding ortho intramolecular Hbond substituents is 1. The lowest BCUT2D eigenvalue weighted by Crippen LogP contribution is -2.49. The number of carbonyl (C=O) groups excluding carboxylic acids is 1. The number of benzene rings is 1. The number of para-hydroxylation sites is 2. The van der Waals surface area contributed by atoms with Gasteiger partial charge in [-0.1, -0.05) is 24.3 Å². The fourth-order valence-corrected chi connectivity index (χ4v) is 5.71. The van der Waals surface area contributed by atoms with Gasteiger partial charge in [0.05, 0.1) is 28.9 Å². The lowest BCUT2D eigenvalue weighted by molar-refractivity contribution is -0.134. The Balaban J connectivity index is 1.26. The molecule has 3 aromatic rings. The van der Waals surface area contributed by atoms with E-state index in [1.54, 1.807) is 33.7 Å². The van der Waals surface area contributed by atoms with Crippen LogP contribution in [-0.2, 0) is 4.79 Å². The zero-order valence-corrected chi connectivity index (χ0v) is 18.7. The maximum Gasteiger partial charge on any atom is 0.257 e.